The number of nitrogens with zero attached hydrogens (tertiary/aromatic N) is 1. The van der Waals surface area contributed by atoms with Gasteiger partial charge in [-0.2, -0.15) is 0 Å². The number of aromatic nitrogens is 2. The summed E-state index contributed by atoms with van der Waals surface area (Å²) >= 11 is 0. The molecule has 5 heteroatoms. The molecule has 0 radical (unpaired) electrons. The first-order valence-electron chi connectivity index (χ1n) is 8.30. The molecule has 5 nitrogen and oxygen atoms in total. The molecule has 0 unspecified atom stereocenters. The lowest BCUT2D eigenvalue weighted by Gasteiger charge is -2.12. The Kier molecular flexibility index (Phi) is 4.47. The van der Waals surface area contributed by atoms with Crippen LogP contribution < -0.4 is 10.7 Å². The summed E-state index contributed by atoms with van der Waals surface area (Å²) in [5, 5.41) is 11.1. The Balaban J connectivity index is 2.18. The molecular weight excluding hydrogens is 328 g/mol. The summed E-state index contributed by atoms with van der Waals surface area (Å²) in [7, 11) is 1.27. The predicted molar refractivity (Wildman–Crippen MR) is 102 cm³/mol. The molecule has 0 bridgehead atoms. The minimum absolute atomic E-state index is 0.0615. The van der Waals surface area contributed by atoms with Crippen molar-refractivity contribution >= 4 is 18.6 Å². The summed E-state index contributed by atoms with van der Waals surface area (Å²) in [6.45, 7) is 9.92. The first-order valence-corrected chi connectivity index (χ1v) is 8.30. The van der Waals surface area contributed by atoms with Crippen LogP contribution in [-0.4, -0.2) is 27.7 Å². The van der Waals surface area contributed by atoms with Gasteiger partial charge in [0.15, 0.2) is 5.75 Å². The van der Waals surface area contributed by atoms with Gasteiger partial charge in [0.2, 0.25) is 0 Å². The Morgan fingerprint density at radius 3 is 2.62 bits per heavy atom. The number of aromatic amines is 1. The van der Waals surface area contributed by atoms with Crippen LogP contribution in [0, 0.1) is 20.8 Å². The third kappa shape index (κ3) is 2.81. The summed E-state index contributed by atoms with van der Waals surface area (Å²) in [4.78, 5) is 14.8. The molecule has 26 heavy (non-hydrogen) atoms. The topological polar surface area (TPSA) is 67.2 Å². The summed E-state index contributed by atoms with van der Waals surface area (Å²) < 4.78 is 6.88. The van der Waals surface area contributed by atoms with E-state index in [1.807, 2.05) is 38.1 Å². The molecule has 3 aromatic rings. The third-order valence-electron chi connectivity index (χ3n) is 4.60. The Labute approximate surface area is 151 Å². The van der Waals surface area contributed by atoms with E-state index in [2.05, 4.69) is 35.2 Å². The lowest BCUT2D eigenvalue weighted by molar-refractivity contribution is 0.0596. The van der Waals surface area contributed by atoms with Gasteiger partial charge in [0.05, 0.1) is 12.5 Å². The van der Waals surface area contributed by atoms with Gasteiger partial charge in [-0.3, -0.25) is 0 Å². The van der Waals surface area contributed by atoms with E-state index < -0.39 is 5.97 Å². The Morgan fingerprint density at radius 1 is 1.27 bits per heavy atom. The van der Waals surface area contributed by atoms with Crippen molar-refractivity contribution in [2.24, 2.45) is 0 Å². The highest BCUT2D eigenvalue weighted by Crippen LogP contribution is 2.23. The minimum Gasteiger partial charge on any atom is -0.505 e. The summed E-state index contributed by atoms with van der Waals surface area (Å²) in [5.74, 6) is -0.767. The SMILES string of the molecule is C=c1[nH]/c(=C/c2cc(C)n(-c3ccccc3C)c2C)c(O)c1C(=O)OC. The number of para-hydroxylation sites is 1. The van der Waals surface area contributed by atoms with Crippen molar-refractivity contribution in [1.29, 1.82) is 0 Å². The molecule has 0 atom stereocenters. The van der Waals surface area contributed by atoms with E-state index >= 15 is 0 Å². The van der Waals surface area contributed by atoms with Crippen LogP contribution in [0.3, 0.4) is 0 Å². The number of carbonyl (C=O) groups is 1. The quantitative estimate of drug-likeness (QED) is 0.713. The molecule has 2 heterocycles. The third-order valence-corrected chi connectivity index (χ3v) is 4.60. The molecule has 2 aromatic heterocycles. The fourth-order valence-electron chi connectivity index (χ4n) is 3.26. The summed E-state index contributed by atoms with van der Waals surface area (Å²) in [6, 6.07) is 10.2. The van der Waals surface area contributed by atoms with Crippen LogP contribution in [0.1, 0.15) is 32.9 Å². The van der Waals surface area contributed by atoms with Crippen LogP contribution >= 0.6 is 0 Å². The second-order valence-electron chi connectivity index (χ2n) is 6.33. The molecule has 0 aliphatic heterocycles. The van der Waals surface area contributed by atoms with Crippen molar-refractivity contribution < 1.29 is 14.6 Å². The number of rotatable bonds is 3. The Bertz CT molecular complexity index is 1100. The number of hydrogen-bond acceptors (Lipinski definition) is 3. The largest absolute Gasteiger partial charge is 0.505 e. The molecule has 2 N–H and O–H groups in total. The second-order valence-corrected chi connectivity index (χ2v) is 6.33. The number of aryl methyl sites for hydroxylation is 2. The van der Waals surface area contributed by atoms with Gasteiger partial charge in [-0.25, -0.2) is 4.79 Å². The number of hydrogen-bond donors (Lipinski definition) is 2. The number of carbonyl (C=O) groups excluding carboxylic acids is 1. The maximum Gasteiger partial charge on any atom is 0.343 e. The fraction of sp³-hybridized carbons (Fsp3) is 0.190. The first-order chi connectivity index (χ1) is 12.3. The van der Waals surface area contributed by atoms with Gasteiger partial charge in [0, 0.05) is 22.4 Å². The zero-order valence-corrected chi connectivity index (χ0v) is 15.4. The molecule has 0 fully saturated rings. The average molecular weight is 350 g/mol. The molecule has 0 aliphatic rings. The standard InChI is InChI=1S/C21H22N2O3/c1-12-8-6-7-9-18(12)23-13(2)10-16(15(23)4)11-17-20(24)19(14(3)22-17)21(25)26-5/h6-11,22,24H,3H2,1-2,4-5H3/b17-11+. The highest BCUT2D eigenvalue weighted by Gasteiger charge is 2.17. The summed E-state index contributed by atoms with van der Waals surface area (Å²) in [5.41, 5.74) is 5.42. The molecule has 0 saturated carbocycles. The average Bonchev–Trinajstić information content (AvgIpc) is 3.04. The lowest BCUT2D eigenvalue weighted by atomic mass is 10.2. The van der Waals surface area contributed by atoms with Crippen molar-refractivity contribution in [1.82, 2.24) is 9.55 Å². The van der Waals surface area contributed by atoms with Gasteiger partial charge in [-0.1, -0.05) is 24.8 Å². The molecule has 134 valence electrons. The monoisotopic (exact) mass is 350 g/mol. The maximum absolute atomic E-state index is 11.8. The smallest absolute Gasteiger partial charge is 0.343 e. The second kappa shape index (κ2) is 6.59. The van der Waals surface area contributed by atoms with E-state index in [0.717, 1.165) is 22.6 Å². The van der Waals surface area contributed by atoms with E-state index in [-0.39, 0.29) is 11.3 Å². The van der Waals surface area contributed by atoms with Crippen molar-refractivity contribution in [2.75, 3.05) is 7.11 Å². The molecule has 0 aliphatic carbocycles. The van der Waals surface area contributed by atoms with E-state index in [9.17, 15) is 9.90 Å². The Hall–Kier alpha value is -3.21. The number of methoxy groups -OCH3 is 1. The van der Waals surface area contributed by atoms with Crippen molar-refractivity contribution in [3.63, 3.8) is 0 Å². The molecule has 1 aromatic carbocycles. The van der Waals surface area contributed by atoms with Gasteiger partial charge in [-0.05, 0) is 50.1 Å². The van der Waals surface area contributed by atoms with E-state index in [0.29, 0.717) is 10.7 Å². The molecule has 0 saturated heterocycles. The molecule has 3 rings (SSSR count). The number of nitrogens with one attached hydrogen (secondary N) is 1. The van der Waals surface area contributed by atoms with Gasteiger partial charge in [0.25, 0.3) is 0 Å². The van der Waals surface area contributed by atoms with E-state index in [1.54, 1.807) is 0 Å². The van der Waals surface area contributed by atoms with Gasteiger partial charge < -0.3 is 19.4 Å². The highest BCUT2D eigenvalue weighted by molar-refractivity contribution is 5.92. The van der Waals surface area contributed by atoms with Gasteiger partial charge in [-0.15, -0.1) is 0 Å². The molecule has 0 amide bonds. The van der Waals surface area contributed by atoms with Crippen LogP contribution in [0.4, 0.5) is 0 Å². The highest BCUT2D eigenvalue weighted by atomic mass is 16.5. The van der Waals surface area contributed by atoms with Crippen molar-refractivity contribution in [2.45, 2.75) is 20.8 Å². The summed E-state index contributed by atoms with van der Waals surface area (Å²) in [6.07, 6.45) is 1.81. The Morgan fingerprint density at radius 2 is 1.96 bits per heavy atom. The number of esters is 1. The normalized spacial score (nSPS) is 11.8. The van der Waals surface area contributed by atoms with Gasteiger partial charge >= 0.3 is 5.97 Å². The van der Waals surface area contributed by atoms with E-state index in [4.69, 9.17) is 4.74 Å². The van der Waals surface area contributed by atoms with Crippen molar-refractivity contribution in [3.8, 4) is 11.4 Å². The van der Waals surface area contributed by atoms with Crippen LogP contribution in [0.2, 0.25) is 0 Å². The van der Waals surface area contributed by atoms with Crippen LogP contribution in [-0.2, 0) is 4.74 Å². The predicted octanol–water partition coefficient (Wildman–Crippen LogP) is 2.46. The zero-order valence-electron chi connectivity index (χ0n) is 15.4. The number of H-pyrrole nitrogens is 1. The molecular formula is C21H22N2O3. The fourth-order valence-corrected chi connectivity index (χ4v) is 3.26. The van der Waals surface area contributed by atoms with Crippen LogP contribution in [0.15, 0.2) is 30.3 Å². The van der Waals surface area contributed by atoms with Gasteiger partial charge in [0.1, 0.15) is 5.56 Å². The van der Waals surface area contributed by atoms with Crippen molar-refractivity contribution in [3.05, 3.63) is 69.1 Å². The number of aromatic hydroxyl groups is 1. The van der Waals surface area contributed by atoms with Crippen LogP contribution in [0.5, 0.6) is 5.75 Å². The van der Waals surface area contributed by atoms with E-state index in [1.165, 1.54) is 12.7 Å². The molecule has 0 spiro atoms. The minimum atomic E-state index is -0.617. The van der Waals surface area contributed by atoms with Crippen LogP contribution in [0.25, 0.3) is 18.3 Å². The number of ether oxygens (including phenoxy) is 1. The number of benzene rings is 1. The lowest BCUT2D eigenvalue weighted by Crippen LogP contribution is -2.14. The zero-order chi connectivity index (χ0) is 19.0. The first kappa shape index (κ1) is 17.6. The maximum atomic E-state index is 11.8.